The van der Waals surface area contributed by atoms with Crippen molar-refractivity contribution in [2.24, 2.45) is 0 Å². The van der Waals surface area contributed by atoms with Crippen molar-refractivity contribution in [3.05, 3.63) is 98.5 Å². The van der Waals surface area contributed by atoms with E-state index in [9.17, 15) is 34.9 Å². The normalized spacial score (nSPS) is 11.2. The van der Waals surface area contributed by atoms with Gasteiger partial charge in [0.2, 0.25) is 11.5 Å². The third-order valence-electron chi connectivity index (χ3n) is 4.70. The van der Waals surface area contributed by atoms with Crippen LogP contribution in [0.2, 0.25) is 15.1 Å². The van der Waals surface area contributed by atoms with Crippen molar-refractivity contribution in [2.45, 2.75) is 25.7 Å². The van der Waals surface area contributed by atoms with Crippen LogP contribution in [0, 0.1) is 51.1 Å². The number of halogens is 3. The second kappa shape index (κ2) is 11.3. The Bertz CT molecular complexity index is 1370. The number of nitrogens with zero attached hydrogens (tertiary/aromatic N) is 3. The zero-order valence-electron chi connectivity index (χ0n) is 19.5. The van der Waals surface area contributed by atoms with Crippen molar-refractivity contribution in [3.63, 3.8) is 0 Å². The molecule has 0 spiro atoms. The highest BCUT2D eigenvalue weighted by Gasteiger charge is 2.41. The summed E-state index contributed by atoms with van der Waals surface area (Å²) in [6.07, 6.45) is 0. The van der Waals surface area contributed by atoms with Gasteiger partial charge in [0.1, 0.15) is 4.90 Å². The molecule has 0 saturated carbocycles. The van der Waals surface area contributed by atoms with Crippen molar-refractivity contribution >= 4 is 70.0 Å². The summed E-state index contributed by atoms with van der Waals surface area (Å²) in [7, 11) is 0. The number of nitro benzene ring substituents is 3. The molecule has 3 aromatic rings. The average Bonchev–Trinajstić information content (AvgIpc) is 2.78. The van der Waals surface area contributed by atoms with Gasteiger partial charge in [0.25, 0.3) is 5.69 Å². The molecule has 0 atom stereocenters. The lowest BCUT2D eigenvalue weighted by atomic mass is 10.2. The average molecular weight is 623 g/mol. The van der Waals surface area contributed by atoms with Gasteiger partial charge in [-0.2, -0.15) is 0 Å². The van der Waals surface area contributed by atoms with Gasteiger partial charge in [0, 0.05) is 29.6 Å². The highest BCUT2D eigenvalue weighted by atomic mass is 35.5. The van der Waals surface area contributed by atoms with Crippen molar-refractivity contribution in [1.82, 2.24) is 0 Å². The lowest BCUT2D eigenvalue weighted by Crippen LogP contribution is -2.04. The molecule has 0 fully saturated rings. The number of hydrogen-bond donors (Lipinski definition) is 0. The molecule has 0 saturated heterocycles. The van der Waals surface area contributed by atoms with Crippen LogP contribution in [0.5, 0.6) is 11.5 Å². The van der Waals surface area contributed by atoms with E-state index in [0.717, 1.165) is 18.2 Å². The summed E-state index contributed by atoms with van der Waals surface area (Å²) in [6.45, 7) is -0.404. The van der Waals surface area contributed by atoms with Crippen LogP contribution in [0.25, 0.3) is 0 Å². The lowest BCUT2D eigenvalue weighted by molar-refractivity contribution is -0.387. The minimum atomic E-state index is -4.96. The minimum absolute atomic E-state index is 0.113. The lowest BCUT2D eigenvalue weighted by Gasteiger charge is -2.21. The quantitative estimate of drug-likeness (QED) is 0.128. The number of rotatable bonds is 9. The van der Waals surface area contributed by atoms with Gasteiger partial charge in [-0.3, -0.25) is 30.3 Å². The number of nitro groups is 3. The molecule has 0 amide bonds. The molecule has 0 heterocycles. The smallest absolute Gasteiger partial charge is 0.399 e. The van der Waals surface area contributed by atoms with Gasteiger partial charge in [-0.05, 0) is 55.7 Å². The Morgan fingerprint density at radius 3 is 1.37 bits per heavy atom. The van der Waals surface area contributed by atoms with E-state index in [-0.39, 0.29) is 31.3 Å². The van der Waals surface area contributed by atoms with Gasteiger partial charge in [-0.1, -0.05) is 34.8 Å². The van der Waals surface area contributed by atoms with Crippen molar-refractivity contribution in [3.8, 4) is 11.5 Å². The highest BCUT2D eigenvalue weighted by Crippen LogP contribution is 2.67. The summed E-state index contributed by atoms with van der Waals surface area (Å²) in [5, 5.41) is 34.3. The maximum absolute atomic E-state index is 14.2. The molecule has 12 nitrogen and oxygen atoms in total. The maximum atomic E-state index is 14.2. The van der Waals surface area contributed by atoms with Crippen LogP contribution in [-0.4, -0.2) is 14.8 Å². The third kappa shape index (κ3) is 6.48. The van der Waals surface area contributed by atoms with Gasteiger partial charge in [0.15, 0.2) is 0 Å². The van der Waals surface area contributed by atoms with Crippen LogP contribution in [0.1, 0.15) is 16.7 Å². The summed E-state index contributed by atoms with van der Waals surface area (Å²) < 4.78 is 25.2. The first kappa shape index (κ1) is 29.5. The number of aryl methyl sites for hydroxylation is 3. The molecular formula is C21H15Cl3N3O9PS. The minimum Gasteiger partial charge on any atom is -0.399 e. The molecule has 0 aliphatic rings. The Morgan fingerprint density at radius 1 is 0.658 bits per heavy atom. The molecule has 0 unspecified atom stereocenters. The van der Waals surface area contributed by atoms with Crippen molar-refractivity contribution in [2.75, 3.05) is 0 Å². The zero-order valence-corrected chi connectivity index (χ0v) is 23.4. The Morgan fingerprint density at radius 2 is 1.00 bits per heavy atom. The van der Waals surface area contributed by atoms with Crippen LogP contribution >= 0.6 is 53.0 Å². The Hall–Kier alpha value is -3.09. The van der Waals surface area contributed by atoms with E-state index in [0.29, 0.717) is 16.7 Å². The highest BCUT2D eigenvalue weighted by molar-refractivity contribution is 8.55. The molecular weight excluding hydrogens is 608 g/mol. The monoisotopic (exact) mass is 621 g/mol. The second-order valence-electron chi connectivity index (χ2n) is 7.78. The van der Waals surface area contributed by atoms with E-state index >= 15 is 0 Å². The van der Waals surface area contributed by atoms with Gasteiger partial charge in [0.05, 0.1) is 29.8 Å². The molecule has 200 valence electrons. The fourth-order valence-electron chi connectivity index (χ4n) is 3.20. The fourth-order valence-corrected chi connectivity index (χ4v) is 7.93. The van der Waals surface area contributed by atoms with Gasteiger partial charge < -0.3 is 9.05 Å². The van der Waals surface area contributed by atoms with Crippen LogP contribution in [0.4, 0.5) is 17.1 Å². The Balaban J connectivity index is 2.28. The molecule has 3 rings (SSSR count). The zero-order chi connectivity index (χ0) is 28.5. The summed E-state index contributed by atoms with van der Waals surface area (Å²) in [5.74, 6) is -1.40. The van der Waals surface area contributed by atoms with Crippen LogP contribution in [0.3, 0.4) is 0 Å². The first-order valence-electron chi connectivity index (χ1n) is 10.1. The molecule has 0 radical (unpaired) electrons. The van der Waals surface area contributed by atoms with Crippen LogP contribution in [-0.2, 0) is 4.57 Å². The molecule has 0 aliphatic carbocycles. The first-order valence-corrected chi connectivity index (χ1v) is 14.2. The number of hydrogen-bond acceptors (Lipinski definition) is 10. The number of benzene rings is 3. The van der Waals surface area contributed by atoms with Crippen LogP contribution in [0.15, 0.2) is 41.3 Å². The molecule has 0 aliphatic heterocycles. The first-order chi connectivity index (χ1) is 17.6. The van der Waals surface area contributed by atoms with Crippen LogP contribution < -0.4 is 9.05 Å². The fraction of sp³-hybridized carbons (Fsp3) is 0.143. The predicted octanol–water partition coefficient (Wildman–Crippen LogP) is 8.65. The third-order valence-corrected chi connectivity index (χ3v) is 8.99. The molecule has 0 aromatic heterocycles. The molecule has 0 N–H and O–H groups in total. The van der Waals surface area contributed by atoms with Gasteiger partial charge in [-0.15, -0.1) is 0 Å². The Kier molecular flexibility index (Phi) is 8.79. The van der Waals surface area contributed by atoms with E-state index in [2.05, 4.69) is 0 Å². The van der Waals surface area contributed by atoms with E-state index in [1.54, 1.807) is 0 Å². The molecule has 38 heavy (non-hydrogen) atoms. The van der Waals surface area contributed by atoms with Crippen molar-refractivity contribution < 1.29 is 28.4 Å². The van der Waals surface area contributed by atoms with E-state index in [1.165, 1.54) is 39.0 Å². The van der Waals surface area contributed by atoms with Gasteiger partial charge >= 0.3 is 18.2 Å². The standard InChI is InChI=1S/C21H15Cl3N3O9PS/c1-10-4-13(22)19(16(7-10)25(28)29)35-37(34,36-20-14(23)5-11(2)8-17(20)26(30)31)38-21-15(24)6-12(3)9-18(21)27(32)33/h4-9H,1-3H3. The maximum Gasteiger partial charge on any atom is 0.498 e. The summed E-state index contributed by atoms with van der Waals surface area (Å²) in [6, 6.07) is 7.20. The summed E-state index contributed by atoms with van der Waals surface area (Å²) in [4.78, 5) is 32.3. The molecule has 3 aromatic carbocycles. The Labute approximate surface area is 233 Å². The van der Waals surface area contributed by atoms with E-state index in [1.807, 2.05) is 0 Å². The second-order valence-corrected chi connectivity index (χ2v) is 12.7. The largest absolute Gasteiger partial charge is 0.498 e. The topological polar surface area (TPSA) is 165 Å². The molecule has 17 heteroatoms. The SMILES string of the molecule is Cc1cc(Cl)c(OP(=O)(Oc2c(Cl)cc(C)cc2[N+](=O)[O-])Sc2c(Cl)cc(C)cc2[N+](=O)[O-])c([N+](=O)[O-])c1. The van der Waals surface area contributed by atoms with Crippen molar-refractivity contribution in [1.29, 1.82) is 0 Å². The predicted molar refractivity (Wildman–Crippen MR) is 143 cm³/mol. The summed E-state index contributed by atoms with van der Waals surface area (Å²) in [5.41, 5.74) is -0.848. The van der Waals surface area contributed by atoms with E-state index < -0.39 is 50.1 Å². The summed E-state index contributed by atoms with van der Waals surface area (Å²) >= 11 is 18.7. The van der Waals surface area contributed by atoms with E-state index in [4.69, 9.17) is 43.9 Å². The molecule has 0 bridgehead atoms. The van der Waals surface area contributed by atoms with Gasteiger partial charge in [-0.25, -0.2) is 4.57 Å².